The maximum absolute atomic E-state index is 5.74. The van der Waals surface area contributed by atoms with Crippen molar-refractivity contribution in [3.63, 3.8) is 0 Å². The van der Waals surface area contributed by atoms with Gasteiger partial charge < -0.3 is 14.9 Å². The van der Waals surface area contributed by atoms with Crippen molar-refractivity contribution in [3.8, 4) is 5.75 Å². The smallest absolute Gasteiger partial charge is 0.322 e. The molecule has 1 atom stereocenters. The average molecular weight is 260 g/mol. The maximum Gasteiger partial charge on any atom is 0.322 e. The molecule has 0 fully saturated rings. The van der Waals surface area contributed by atoms with Gasteiger partial charge in [-0.25, -0.2) is 0 Å². The Balaban J connectivity index is 1.99. The molecule has 1 aromatic carbocycles. The Bertz CT molecular complexity index is 567. The van der Waals surface area contributed by atoms with Gasteiger partial charge in [-0.2, -0.15) is 0 Å². The Labute approximate surface area is 111 Å². The lowest BCUT2D eigenvalue weighted by Crippen LogP contribution is -2.17. The van der Waals surface area contributed by atoms with Crippen molar-refractivity contribution in [2.75, 3.05) is 18.1 Å². The summed E-state index contributed by atoms with van der Waals surface area (Å²) in [4.78, 5) is 1.97. The highest BCUT2D eigenvalue weighted by Gasteiger charge is 2.22. The topological polar surface area (TPSA) is 77.4 Å². The monoisotopic (exact) mass is 260 g/mol. The molecule has 2 heterocycles. The van der Waals surface area contributed by atoms with E-state index in [-0.39, 0.29) is 6.04 Å². The van der Waals surface area contributed by atoms with Crippen molar-refractivity contribution in [1.29, 1.82) is 0 Å². The SMILES string of the molecule is CC(N)c1nnc(N2CCCOc3ccccc32)o1. The number of nitrogens with two attached hydrogens (primary N) is 1. The van der Waals surface area contributed by atoms with E-state index in [0.29, 0.717) is 18.5 Å². The number of rotatable bonds is 2. The largest absolute Gasteiger partial charge is 0.491 e. The van der Waals surface area contributed by atoms with Gasteiger partial charge in [0, 0.05) is 6.54 Å². The lowest BCUT2D eigenvalue weighted by Gasteiger charge is -2.18. The summed E-state index contributed by atoms with van der Waals surface area (Å²) in [6, 6.07) is 8.03. The number of hydrogen-bond acceptors (Lipinski definition) is 6. The molecular formula is C13H16N4O2. The van der Waals surface area contributed by atoms with Gasteiger partial charge in [-0.1, -0.05) is 17.2 Å². The molecular weight excluding hydrogens is 244 g/mol. The van der Waals surface area contributed by atoms with Crippen LogP contribution in [0.25, 0.3) is 0 Å². The zero-order valence-corrected chi connectivity index (χ0v) is 10.7. The Morgan fingerprint density at radius 1 is 1.32 bits per heavy atom. The van der Waals surface area contributed by atoms with Crippen LogP contribution in [0.3, 0.4) is 0 Å². The number of aromatic nitrogens is 2. The van der Waals surface area contributed by atoms with Crippen LogP contribution < -0.4 is 15.4 Å². The standard InChI is InChI=1S/C13H16N4O2/c1-9(14)12-15-16-13(19-12)17-7-4-8-18-11-6-3-2-5-10(11)17/h2-3,5-6,9H,4,7-8,14H2,1H3. The number of benzene rings is 1. The molecule has 1 aliphatic rings. The zero-order chi connectivity index (χ0) is 13.2. The van der Waals surface area contributed by atoms with Gasteiger partial charge in [0.1, 0.15) is 5.75 Å². The second kappa shape index (κ2) is 4.89. The molecule has 2 aromatic rings. The van der Waals surface area contributed by atoms with E-state index in [1.54, 1.807) is 0 Å². The van der Waals surface area contributed by atoms with Gasteiger partial charge in [-0.3, -0.25) is 4.90 Å². The lowest BCUT2D eigenvalue weighted by molar-refractivity contribution is 0.322. The van der Waals surface area contributed by atoms with Crippen molar-refractivity contribution in [2.45, 2.75) is 19.4 Å². The number of nitrogens with zero attached hydrogens (tertiary/aromatic N) is 3. The third-order valence-electron chi connectivity index (χ3n) is 2.99. The van der Waals surface area contributed by atoms with Crippen molar-refractivity contribution in [3.05, 3.63) is 30.2 Å². The van der Waals surface area contributed by atoms with Crippen LogP contribution >= 0.6 is 0 Å². The first-order chi connectivity index (χ1) is 9.25. The first kappa shape index (κ1) is 12.0. The van der Waals surface area contributed by atoms with Crippen LogP contribution in [0.1, 0.15) is 25.3 Å². The molecule has 0 radical (unpaired) electrons. The van der Waals surface area contributed by atoms with Gasteiger partial charge in [0.15, 0.2) is 0 Å². The third kappa shape index (κ3) is 2.26. The predicted molar refractivity (Wildman–Crippen MR) is 70.5 cm³/mol. The zero-order valence-electron chi connectivity index (χ0n) is 10.7. The summed E-state index contributed by atoms with van der Waals surface area (Å²) in [6.45, 7) is 3.27. The van der Waals surface area contributed by atoms with E-state index in [9.17, 15) is 0 Å². The number of anilines is 2. The van der Waals surface area contributed by atoms with Crippen LogP contribution in [-0.2, 0) is 0 Å². The Morgan fingerprint density at radius 2 is 2.16 bits per heavy atom. The molecule has 0 saturated carbocycles. The van der Waals surface area contributed by atoms with Gasteiger partial charge in [-0.05, 0) is 25.5 Å². The first-order valence-electron chi connectivity index (χ1n) is 6.34. The molecule has 0 aliphatic carbocycles. The average Bonchev–Trinajstić information content (AvgIpc) is 2.80. The van der Waals surface area contributed by atoms with Crippen molar-refractivity contribution in [1.82, 2.24) is 10.2 Å². The fourth-order valence-electron chi connectivity index (χ4n) is 2.05. The second-order valence-corrected chi connectivity index (χ2v) is 4.53. The van der Waals surface area contributed by atoms with Crippen molar-refractivity contribution in [2.24, 2.45) is 5.73 Å². The summed E-state index contributed by atoms with van der Waals surface area (Å²) in [5.74, 6) is 1.28. The molecule has 1 aromatic heterocycles. The molecule has 6 heteroatoms. The summed E-state index contributed by atoms with van der Waals surface area (Å²) in [7, 11) is 0. The quantitative estimate of drug-likeness (QED) is 0.890. The van der Waals surface area contributed by atoms with E-state index in [4.69, 9.17) is 14.9 Å². The van der Waals surface area contributed by atoms with Crippen molar-refractivity contribution >= 4 is 11.7 Å². The number of ether oxygens (including phenoxy) is 1. The Morgan fingerprint density at radius 3 is 2.95 bits per heavy atom. The molecule has 19 heavy (non-hydrogen) atoms. The van der Waals surface area contributed by atoms with E-state index in [1.165, 1.54) is 0 Å². The van der Waals surface area contributed by atoms with Crippen LogP contribution in [0.2, 0.25) is 0 Å². The lowest BCUT2D eigenvalue weighted by atomic mass is 10.2. The molecule has 0 spiro atoms. The summed E-state index contributed by atoms with van der Waals surface area (Å²) in [5.41, 5.74) is 6.69. The highest BCUT2D eigenvalue weighted by atomic mass is 16.5. The summed E-state index contributed by atoms with van der Waals surface area (Å²) in [5, 5.41) is 8.05. The number of para-hydroxylation sites is 2. The van der Waals surface area contributed by atoms with Crippen molar-refractivity contribution < 1.29 is 9.15 Å². The molecule has 2 N–H and O–H groups in total. The summed E-state index contributed by atoms with van der Waals surface area (Å²) >= 11 is 0. The molecule has 0 saturated heterocycles. The minimum Gasteiger partial charge on any atom is -0.491 e. The molecule has 1 aliphatic heterocycles. The van der Waals surface area contributed by atoms with E-state index < -0.39 is 0 Å². The van der Waals surface area contributed by atoms with Gasteiger partial charge in [0.2, 0.25) is 5.89 Å². The minimum atomic E-state index is -0.264. The van der Waals surface area contributed by atoms with Crippen LogP contribution in [-0.4, -0.2) is 23.3 Å². The summed E-state index contributed by atoms with van der Waals surface area (Å²) in [6.07, 6.45) is 0.893. The molecule has 6 nitrogen and oxygen atoms in total. The van der Waals surface area contributed by atoms with Crippen LogP contribution in [0.4, 0.5) is 11.7 Å². The number of hydrogen-bond donors (Lipinski definition) is 1. The molecule has 0 amide bonds. The van der Waals surface area contributed by atoms with Crippen LogP contribution in [0.15, 0.2) is 28.7 Å². The van der Waals surface area contributed by atoms with Gasteiger partial charge >= 0.3 is 6.01 Å². The maximum atomic E-state index is 5.74. The molecule has 100 valence electrons. The Kier molecular flexibility index (Phi) is 3.08. The summed E-state index contributed by atoms with van der Waals surface area (Å²) < 4.78 is 11.3. The molecule has 1 unspecified atom stereocenters. The fourth-order valence-corrected chi connectivity index (χ4v) is 2.05. The Hall–Kier alpha value is -2.08. The fraction of sp³-hybridized carbons (Fsp3) is 0.385. The van der Waals surface area contributed by atoms with E-state index in [1.807, 2.05) is 36.1 Å². The van der Waals surface area contributed by atoms with Crippen LogP contribution in [0, 0.1) is 0 Å². The van der Waals surface area contributed by atoms with E-state index in [0.717, 1.165) is 24.4 Å². The first-order valence-corrected chi connectivity index (χ1v) is 6.34. The van der Waals surface area contributed by atoms with Crippen LogP contribution in [0.5, 0.6) is 5.75 Å². The van der Waals surface area contributed by atoms with Gasteiger partial charge in [-0.15, -0.1) is 5.10 Å². The van der Waals surface area contributed by atoms with Gasteiger partial charge in [0.05, 0.1) is 18.3 Å². The second-order valence-electron chi connectivity index (χ2n) is 4.53. The molecule has 3 rings (SSSR count). The third-order valence-corrected chi connectivity index (χ3v) is 2.99. The van der Waals surface area contributed by atoms with E-state index in [2.05, 4.69) is 10.2 Å². The van der Waals surface area contributed by atoms with Gasteiger partial charge in [0.25, 0.3) is 0 Å². The minimum absolute atomic E-state index is 0.264. The van der Waals surface area contributed by atoms with E-state index >= 15 is 0 Å². The highest BCUT2D eigenvalue weighted by Crippen LogP contribution is 2.35. The predicted octanol–water partition coefficient (Wildman–Crippen LogP) is 2.01. The highest BCUT2D eigenvalue weighted by molar-refractivity contribution is 5.64. The number of fused-ring (bicyclic) bond motifs is 1. The molecule has 0 bridgehead atoms. The normalized spacial score (nSPS) is 16.4.